The number of amides is 1. The quantitative estimate of drug-likeness (QED) is 0.773. The third-order valence-corrected chi connectivity index (χ3v) is 4.95. The molecule has 122 valence electrons. The van der Waals surface area contributed by atoms with Crippen LogP contribution >= 0.6 is 11.8 Å². The van der Waals surface area contributed by atoms with E-state index in [-0.39, 0.29) is 17.8 Å². The summed E-state index contributed by atoms with van der Waals surface area (Å²) in [6.07, 6.45) is 1.36. The van der Waals surface area contributed by atoms with Crippen molar-refractivity contribution in [3.63, 3.8) is 0 Å². The molecular weight excluding hydrogens is 312 g/mol. The van der Waals surface area contributed by atoms with Crippen molar-refractivity contribution >= 4 is 23.6 Å². The van der Waals surface area contributed by atoms with Crippen LogP contribution in [0.25, 0.3) is 0 Å². The summed E-state index contributed by atoms with van der Waals surface area (Å²) in [5.41, 5.74) is 1.74. The number of esters is 1. The van der Waals surface area contributed by atoms with Crippen molar-refractivity contribution in [1.82, 2.24) is 4.90 Å². The average molecular weight is 332 g/mol. The van der Waals surface area contributed by atoms with E-state index in [9.17, 15) is 9.59 Å². The molecular formula is C17H20N2O3S. The van der Waals surface area contributed by atoms with Crippen LogP contribution in [0.4, 0.5) is 0 Å². The highest BCUT2D eigenvalue weighted by Gasteiger charge is 2.27. The Kier molecular flexibility index (Phi) is 6.48. The largest absolute Gasteiger partial charge is 0.469 e. The maximum absolute atomic E-state index is 12.2. The van der Waals surface area contributed by atoms with Gasteiger partial charge in [-0.15, -0.1) is 11.8 Å². The summed E-state index contributed by atoms with van der Waals surface area (Å²) < 4.78 is 4.75. The van der Waals surface area contributed by atoms with E-state index in [1.807, 2.05) is 17.0 Å². The first-order valence-corrected chi connectivity index (χ1v) is 8.72. The van der Waals surface area contributed by atoms with Crippen molar-refractivity contribution in [2.75, 3.05) is 26.0 Å². The molecule has 0 spiro atoms. The third-order valence-electron chi connectivity index (χ3n) is 3.96. The van der Waals surface area contributed by atoms with Crippen LogP contribution in [-0.2, 0) is 20.1 Å². The molecule has 23 heavy (non-hydrogen) atoms. The molecule has 1 aromatic rings. The van der Waals surface area contributed by atoms with Gasteiger partial charge in [0.2, 0.25) is 5.91 Å². The average Bonchev–Trinajstić information content (AvgIpc) is 2.61. The minimum atomic E-state index is -0.174. The number of ether oxygens (including phenoxy) is 1. The number of nitrogens with zero attached hydrogens (tertiary/aromatic N) is 2. The van der Waals surface area contributed by atoms with Crippen LogP contribution in [0.2, 0.25) is 0 Å². The highest BCUT2D eigenvalue weighted by Crippen LogP contribution is 2.20. The van der Waals surface area contributed by atoms with Crippen LogP contribution in [0.3, 0.4) is 0 Å². The lowest BCUT2D eigenvalue weighted by atomic mass is 9.97. The van der Waals surface area contributed by atoms with Gasteiger partial charge in [-0.3, -0.25) is 9.59 Å². The number of benzene rings is 1. The summed E-state index contributed by atoms with van der Waals surface area (Å²) in [6.45, 7) is 1.24. The lowest BCUT2D eigenvalue weighted by Crippen LogP contribution is -2.41. The molecule has 0 bridgehead atoms. The molecule has 1 saturated heterocycles. The molecule has 1 aliphatic heterocycles. The van der Waals surface area contributed by atoms with Crippen LogP contribution < -0.4 is 0 Å². The van der Waals surface area contributed by atoms with Gasteiger partial charge in [0.05, 0.1) is 30.4 Å². The van der Waals surface area contributed by atoms with E-state index in [4.69, 9.17) is 10.00 Å². The van der Waals surface area contributed by atoms with Gasteiger partial charge in [0.25, 0.3) is 0 Å². The van der Waals surface area contributed by atoms with E-state index in [0.717, 1.165) is 11.3 Å². The first kappa shape index (κ1) is 17.4. The van der Waals surface area contributed by atoms with Gasteiger partial charge in [-0.05, 0) is 30.5 Å². The monoisotopic (exact) mass is 332 g/mol. The number of carbonyl (C=O) groups is 2. The zero-order valence-electron chi connectivity index (χ0n) is 13.2. The molecule has 1 heterocycles. The maximum atomic E-state index is 12.2. The molecule has 1 amide bonds. The number of thioether (sulfide) groups is 1. The van der Waals surface area contributed by atoms with E-state index in [2.05, 4.69) is 6.07 Å². The van der Waals surface area contributed by atoms with Gasteiger partial charge in [-0.25, -0.2) is 0 Å². The van der Waals surface area contributed by atoms with E-state index in [0.29, 0.717) is 37.2 Å². The molecule has 1 aromatic carbocycles. The number of hydrogen-bond acceptors (Lipinski definition) is 5. The Hall–Kier alpha value is -2.00. The van der Waals surface area contributed by atoms with Gasteiger partial charge in [0.1, 0.15) is 0 Å². The first-order valence-electron chi connectivity index (χ1n) is 7.56. The molecule has 0 atom stereocenters. The molecule has 0 unspecified atom stereocenters. The van der Waals surface area contributed by atoms with Gasteiger partial charge >= 0.3 is 5.97 Å². The Balaban J connectivity index is 1.71. The third kappa shape index (κ3) is 5.00. The number of rotatable bonds is 5. The standard InChI is InChI=1S/C17H20N2O3S/c1-22-17(21)15-6-8-19(9-7-15)16(20)12-23-11-14-4-2-13(10-18)3-5-14/h2-5,15H,6-9,11-12H2,1H3. The highest BCUT2D eigenvalue weighted by molar-refractivity contribution is 7.99. The zero-order valence-corrected chi connectivity index (χ0v) is 14.0. The smallest absolute Gasteiger partial charge is 0.308 e. The van der Waals surface area contributed by atoms with E-state index in [1.165, 1.54) is 7.11 Å². The van der Waals surface area contributed by atoms with Crippen molar-refractivity contribution in [2.24, 2.45) is 5.92 Å². The van der Waals surface area contributed by atoms with Crippen LogP contribution in [0.15, 0.2) is 24.3 Å². The molecule has 6 heteroatoms. The Labute approximate surface area is 140 Å². The number of carbonyl (C=O) groups excluding carboxylic acids is 2. The van der Waals surface area contributed by atoms with Gasteiger partial charge in [0.15, 0.2) is 0 Å². The molecule has 0 radical (unpaired) electrons. The lowest BCUT2D eigenvalue weighted by Gasteiger charge is -2.30. The van der Waals surface area contributed by atoms with Crippen LogP contribution in [-0.4, -0.2) is 42.7 Å². The number of hydrogen-bond donors (Lipinski definition) is 0. The minimum absolute atomic E-state index is 0.0737. The molecule has 2 rings (SSSR count). The molecule has 0 aromatic heterocycles. The second kappa shape index (κ2) is 8.59. The normalized spacial score (nSPS) is 15.0. The number of nitriles is 1. The first-order chi connectivity index (χ1) is 11.1. The predicted octanol–water partition coefficient (Wildman–Crippen LogP) is 2.20. The molecule has 1 aliphatic rings. The number of likely N-dealkylation sites (tertiary alicyclic amines) is 1. The topological polar surface area (TPSA) is 70.4 Å². The summed E-state index contributed by atoms with van der Waals surface area (Å²) in [5.74, 6) is 1.05. The van der Waals surface area contributed by atoms with Crippen molar-refractivity contribution in [2.45, 2.75) is 18.6 Å². The molecule has 0 saturated carbocycles. The second-order valence-electron chi connectivity index (χ2n) is 5.48. The second-order valence-corrected chi connectivity index (χ2v) is 6.47. The SMILES string of the molecule is COC(=O)C1CCN(C(=O)CSCc2ccc(C#N)cc2)CC1. The Bertz CT molecular complexity index is 587. The van der Waals surface area contributed by atoms with Gasteiger partial charge in [-0.2, -0.15) is 5.26 Å². The van der Waals surface area contributed by atoms with E-state index in [1.54, 1.807) is 23.9 Å². The van der Waals surface area contributed by atoms with Gasteiger partial charge in [0, 0.05) is 18.8 Å². The Morgan fingerprint density at radius 2 is 1.96 bits per heavy atom. The summed E-state index contributed by atoms with van der Waals surface area (Å²) in [7, 11) is 1.40. The van der Waals surface area contributed by atoms with Crippen LogP contribution in [0.1, 0.15) is 24.0 Å². The van der Waals surface area contributed by atoms with Gasteiger partial charge in [-0.1, -0.05) is 12.1 Å². The summed E-state index contributed by atoms with van der Waals surface area (Å²) in [5, 5.41) is 8.76. The van der Waals surface area contributed by atoms with Crippen LogP contribution in [0, 0.1) is 17.2 Å². The maximum Gasteiger partial charge on any atom is 0.308 e. The Morgan fingerprint density at radius 1 is 1.30 bits per heavy atom. The summed E-state index contributed by atoms with van der Waals surface area (Å²) in [6, 6.07) is 9.49. The molecule has 5 nitrogen and oxygen atoms in total. The number of piperidine rings is 1. The van der Waals surface area contributed by atoms with E-state index < -0.39 is 0 Å². The van der Waals surface area contributed by atoms with Crippen molar-refractivity contribution < 1.29 is 14.3 Å². The highest BCUT2D eigenvalue weighted by atomic mass is 32.2. The lowest BCUT2D eigenvalue weighted by molar-refractivity contribution is -0.148. The van der Waals surface area contributed by atoms with Gasteiger partial charge < -0.3 is 9.64 Å². The summed E-state index contributed by atoms with van der Waals surface area (Å²) in [4.78, 5) is 25.5. The molecule has 0 aliphatic carbocycles. The fraction of sp³-hybridized carbons (Fsp3) is 0.471. The van der Waals surface area contributed by atoms with Crippen molar-refractivity contribution in [3.05, 3.63) is 35.4 Å². The van der Waals surface area contributed by atoms with Crippen LogP contribution in [0.5, 0.6) is 0 Å². The summed E-state index contributed by atoms with van der Waals surface area (Å²) >= 11 is 1.57. The molecule has 1 fully saturated rings. The number of methoxy groups -OCH3 is 1. The van der Waals surface area contributed by atoms with Crippen molar-refractivity contribution in [1.29, 1.82) is 5.26 Å². The fourth-order valence-corrected chi connectivity index (χ4v) is 3.44. The zero-order chi connectivity index (χ0) is 16.7. The van der Waals surface area contributed by atoms with E-state index >= 15 is 0 Å². The fourth-order valence-electron chi connectivity index (χ4n) is 2.55. The Morgan fingerprint density at radius 3 is 2.52 bits per heavy atom. The predicted molar refractivity (Wildman–Crippen MR) is 88.6 cm³/mol. The minimum Gasteiger partial charge on any atom is -0.469 e. The molecule has 0 N–H and O–H groups in total. The van der Waals surface area contributed by atoms with Crippen molar-refractivity contribution in [3.8, 4) is 6.07 Å².